The fourth-order valence-corrected chi connectivity index (χ4v) is 2.62. The van der Waals surface area contributed by atoms with Crippen LogP contribution in [-0.4, -0.2) is 48.3 Å². The van der Waals surface area contributed by atoms with Crippen molar-refractivity contribution in [1.29, 1.82) is 0 Å². The Morgan fingerprint density at radius 2 is 1.94 bits per heavy atom. The molecule has 0 aromatic carbocycles. The third kappa shape index (κ3) is 2.59. The van der Waals surface area contributed by atoms with Crippen LogP contribution in [0, 0.1) is 0 Å². The zero-order valence-corrected chi connectivity index (χ0v) is 12.1. The SMILES string of the molecule is CN(CC1(N(C)C)CCC1)c1ccc(CCl)nn1. The van der Waals surface area contributed by atoms with E-state index in [0.29, 0.717) is 11.4 Å². The molecule has 18 heavy (non-hydrogen) atoms. The van der Waals surface area contributed by atoms with Crippen molar-refractivity contribution < 1.29 is 0 Å². The van der Waals surface area contributed by atoms with E-state index in [2.05, 4.69) is 41.1 Å². The summed E-state index contributed by atoms with van der Waals surface area (Å²) in [6, 6.07) is 3.93. The van der Waals surface area contributed by atoms with Crippen LogP contribution in [0.4, 0.5) is 5.82 Å². The molecule has 0 spiro atoms. The zero-order chi connectivity index (χ0) is 13.2. The van der Waals surface area contributed by atoms with Gasteiger partial charge in [-0.1, -0.05) is 0 Å². The molecule has 4 nitrogen and oxygen atoms in total. The molecule has 2 rings (SSSR count). The van der Waals surface area contributed by atoms with Crippen molar-refractivity contribution in [3.05, 3.63) is 17.8 Å². The molecule has 1 aliphatic carbocycles. The highest BCUT2D eigenvalue weighted by atomic mass is 35.5. The lowest BCUT2D eigenvalue weighted by molar-refractivity contribution is 0.0681. The van der Waals surface area contributed by atoms with E-state index in [0.717, 1.165) is 18.1 Å². The maximum atomic E-state index is 5.72. The van der Waals surface area contributed by atoms with E-state index < -0.39 is 0 Å². The Morgan fingerprint density at radius 3 is 2.33 bits per heavy atom. The standard InChI is InChI=1S/C13H21ClN4/c1-17(2)13(7-4-8-13)10-18(3)12-6-5-11(9-14)15-16-12/h5-6H,4,7-10H2,1-3H3. The Morgan fingerprint density at radius 1 is 1.22 bits per heavy atom. The monoisotopic (exact) mass is 268 g/mol. The highest BCUT2D eigenvalue weighted by molar-refractivity contribution is 6.16. The smallest absolute Gasteiger partial charge is 0.151 e. The van der Waals surface area contributed by atoms with Crippen molar-refractivity contribution in [2.45, 2.75) is 30.7 Å². The summed E-state index contributed by atoms with van der Waals surface area (Å²) < 4.78 is 0. The molecule has 0 N–H and O–H groups in total. The van der Waals surface area contributed by atoms with Gasteiger partial charge in [0.2, 0.25) is 0 Å². The molecule has 100 valence electrons. The molecule has 1 saturated carbocycles. The fraction of sp³-hybridized carbons (Fsp3) is 0.692. The van der Waals surface area contributed by atoms with Crippen LogP contribution in [0.5, 0.6) is 0 Å². The van der Waals surface area contributed by atoms with Gasteiger partial charge in [-0.15, -0.1) is 16.7 Å². The highest BCUT2D eigenvalue weighted by Gasteiger charge is 2.40. The molecule has 0 saturated heterocycles. The number of rotatable bonds is 5. The average molecular weight is 269 g/mol. The lowest BCUT2D eigenvalue weighted by atomic mass is 9.75. The maximum Gasteiger partial charge on any atom is 0.151 e. The summed E-state index contributed by atoms with van der Waals surface area (Å²) in [6.45, 7) is 0.995. The van der Waals surface area contributed by atoms with Crippen molar-refractivity contribution >= 4 is 17.4 Å². The molecule has 0 atom stereocenters. The quantitative estimate of drug-likeness (QED) is 0.766. The van der Waals surface area contributed by atoms with Crippen molar-refractivity contribution in [3.63, 3.8) is 0 Å². The second kappa shape index (κ2) is 5.41. The Kier molecular flexibility index (Phi) is 4.07. The minimum absolute atomic E-state index is 0.307. The van der Waals surface area contributed by atoms with E-state index in [1.165, 1.54) is 19.3 Å². The molecule has 0 bridgehead atoms. The van der Waals surface area contributed by atoms with E-state index in [1.807, 2.05) is 12.1 Å². The van der Waals surface area contributed by atoms with Gasteiger partial charge >= 0.3 is 0 Å². The number of likely N-dealkylation sites (N-methyl/N-ethyl adjacent to an activating group) is 2. The van der Waals surface area contributed by atoms with Crippen LogP contribution in [-0.2, 0) is 5.88 Å². The Hall–Kier alpha value is -0.870. The molecule has 0 amide bonds. The van der Waals surface area contributed by atoms with Crippen LogP contribution in [0.15, 0.2) is 12.1 Å². The van der Waals surface area contributed by atoms with Crippen LogP contribution in [0.2, 0.25) is 0 Å². The van der Waals surface area contributed by atoms with Crippen LogP contribution >= 0.6 is 11.6 Å². The summed E-state index contributed by atoms with van der Waals surface area (Å²) in [5.74, 6) is 1.33. The third-order valence-electron chi connectivity index (χ3n) is 4.00. The first-order chi connectivity index (χ1) is 8.57. The summed E-state index contributed by atoms with van der Waals surface area (Å²) in [4.78, 5) is 4.53. The van der Waals surface area contributed by atoms with E-state index >= 15 is 0 Å². The normalized spacial score (nSPS) is 17.6. The molecule has 1 fully saturated rings. The first-order valence-electron chi connectivity index (χ1n) is 6.34. The predicted molar refractivity (Wildman–Crippen MR) is 75.1 cm³/mol. The van der Waals surface area contributed by atoms with Gasteiger partial charge in [-0.2, -0.15) is 5.10 Å². The molecule has 1 heterocycles. The number of nitrogens with zero attached hydrogens (tertiary/aromatic N) is 4. The summed E-state index contributed by atoms with van der Waals surface area (Å²) in [6.07, 6.45) is 3.85. The highest BCUT2D eigenvalue weighted by Crippen LogP contribution is 2.37. The van der Waals surface area contributed by atoms with Gasteiger partial charge in [0.25, 0.3) is 0 Å². The topological polar surface area (TPSA) is 32.3 Å². The van der Waals surface area contributed by atoms with Crippen LogP contribution in [0.3, 0.4) is 0 Å². The lowest BCUT2D eigenvalue weighted by Crippen LogP contribution is -2.56. The molecular weight excluding hydrogens is 248 g/mol. The van der Waals surface area contributed by atoms with Gasteiger partial charge in [0.15, 0.2) is 5.82 Å². The number of halogens is 1. The summed E-state index contributed by atoms with van der Waals surface area (Å²) in [5.41, 5.74) is 1.13. The van der Waals surface area contributed by atoms with Crippen LogP contribution in [0.25, 0.3) is 0 Å². The maximum absolute atomic E-state index is 5.72. The van der Waals surface area contributed by atoms with Crippen molar-refractivity contribution in [3.8, 4) is 0 Å². The minimum Gasteiger partial charge on any atom is -0.356 e. The molecule has 1 aromatic heterocycles. The summed E-state index contributed by atoms with van der Waals surface area (Å²) >= 11 is 5.72. The number of anilines is 1. The number of alkyl halides is 1. The second-order valence-corrected chi connectivity index (χ2v) is 5.61. The van der Waals surface area contributed by atoms with Gasteiger partial charge in [-0.25, -0.2) is 0 Å². The van der Waals surface area contributed by atoms with E-state index in [-0.39, 0.29) is 0 Å². The van der Waals surface area contributed by atoms with E-state index in [1.54, 1.807) is 0 Å². The van der Waals surface area contributed by atoms with Gasteiger partial charge in [0.05, 0.1) is 11.6 Å². The Labute approximate surface area is 114 Å². The largest absolute Gasteiger partial charge is 0.356 e. The lowest BCUT2D eigenvalue weighted by Gasteiger charge is -2.49. The third-order valence-corrected chi connectivity index (χ3v) is 4.27. The number of hydrogen-bond donors (Lipinski definition) is 0. The zero-order valence-electron chi connectivity index (χ0n) is 11.4. The molecule has 0 aliphatic heterocycles. The van der Waals surface area contributed by atoms with Crippen molar-refractivity contribution in [1.82, 2.24) is 15.1 Å². The fourth-order valence-electron chi connectivity index (χ4n) is 2.48. The van der Waals surface area contributed by atoms with Gasteiger partial charge in [-0.05, 0) is 45.5 Å². The number of hydrogen-bond acceptors (Lipinski definition) is 4. The van der Waals surface area contributed by atoms with E-state index in [9.17, 15) is 0 Å². The van der Waals surface area contributed by atoms with Gasteiger partial charge < -0.3 is 9.80 Å². The molecule has 0 unspecified atom stereocenters. The summed E-state index contributed by atoms with van der Waals surface area (Å²) in [5, 5.41) is 8.32. The van der Waals surface area contributed by atoms with Gasteiger partial charge in [0, 0.05) is 19.1 Å². The minimum atomic E-state index is 0.307. The number of aromatic nitrogens is 2. The van der Waals surface area contributed by atoms with E-state index in [4.69, 9.17) is 11.6 Å². The van der Waals surface area contributed by atoms with Crippen LogP contribution < -0.4 is 4.90 Å². The first-order valence-corrected chi connectivity index (χ1v) is 6.88. The molecule has 1 aromatic rings. The van der Waals surface area contributed by atoms with Crippen molar-refractivity contribution in [2.24, 2.45) is 0 Å². The molecule has 1 aliphatic rings. The molecule has 5 heteroatoms. The Balaban J connectivity index is 2.04. The van der Waals surface area contributed by atoms with Crippen LogP contribution in [0.1, 0.15) is 25.0 Å². The van der Waals surface area contributed by atoms with Gasteiger partial charge in [0.1, 0.15) is 0 Å². The molecule has 0 radical (unpaired) electrons. The molecular formula is C13H21ClN4. The van der Waals surface area contributed by atoms with Crippen molar-refractivity contribution in [2.75, 3.05) is 32.6 Å². The Bertz CT molecular complexity index is 386. The average Bonchev–Trinajstić information content (AvgIpc) is 2.33. The predicted octanol–water partition coefficient (Wildman–Crippen LogP) is 2.14. The second-order valence-electron chi connectivity index (χ2n) is 5.34. The summed E-state index contributed by atoms with van der Waals surface area (Å²) in [7, 11) is 6.40. The van der Waals surface area contributed by atoms with Gasteiger partial charge in [-0.3, -0.25) is 0 Å². The first kappa shape index (κ1) is 13.6.